The van der Waals surface area contributed by atoms with E-state index in [0.717, 1.165) is 32.7 Å². The highest BCUT2D eigenvalue weighted by molar-refractivity contribution is 5.44. The Morgan fingerprint density at radius 1 is 1.25 bits per heavy atom. The lowest BCUT2D eigenvalue weighted by Gasteiger charge is -2.28. The van der Waals surface area contributed by atoms with E-state index in [1.54, 1.807) is 0 Å². The Labute approximate surface area is 96.6 Å². The Bertz CT molecular complexity index is 398. The molecule has 86 valence electrons. The third-order valence-corrected chi connectivity index (χ3v) is 3.61. The summed E-state index contributed by atoms with van der Waals surface area (Å²) in [5.74, 6) is 0. The first kappa shape index (κ1) is 10.3. The molecule has 0 radical (unpaired) electrons. The fourth-order valence-corrected chi connectivity index (χ4v) is 2.83. The molecule has 2 aliphatic rings. The second-order valence-corrected chi connectivity index (χ2v) is 4.67. The lowest BCUT2D eigenvalue weighted by molar-refractivity contribution is 0.0344. The molecule has 0 bridgehead atoms. The zero-order valence-corrected chi connectivity index (χ0v) is 9.79. The molecule has 1 aromatic rings. The molecule has 0 saturated carbocycles. The maximum atomic E-state index is 5.91. The van der Waals surface area contributed by atoms with Crippen LogP contribution in [0.3, 0.4) is 0 Å². The number of rotatable bonds is 2. The maximum absolute atomic E-state index is 5.91. The molecule has 2 aliphatic heterocycles. The number of hydrogen-bond donors (Lipinski definition) is 0. The van der Waals surface area contributed by atoms with Crippen LogP contribution in [0.2, 0.25) is 0 Å². The molecule has 2 nitrogen and oxygen atoms in total. The fraction of sp³-hybridized carbons (Fsp3) is 0.571. The zero-order chi connectivity index (χ0) is 11.0. The molecule has 3 rings (SSSR count). The number of benzene rings is 1. The van der Waals surface area contributed by atoms with Crippen LogP contribution in [-0.2, 0) is 29.1 Å². The van der Waals surface area contributed by atoms with E-state index < -0.39 is 0 Å². The Morgan fingerprint density at radius 2 is 2.12 bits per heavy atom. The summed E-state index contributed by atoms with van der Waals surface area (Å²) in [4.78, 5) is 0. The molecule has 1 aromatic carbocycles. The van der Waals surface area contributed by atoms with Crippen molar-refractivity contribution >= 4 is 0 Å². The molecule has 0 aliphatic carbocycles. The average molecular weight is 218 g/mol. The molecule has 0 amide bonds. The van der Waals surface area contributed by atoms with E-state index in [2.05, 4.69) is 19.1 Å². The second kappa shape index (κ2) is 4.19. The molecule has 16 heavy (non-hydrogen) atoms. The minimum Gasteiger partial charge on any atom is -0.373 e. The van der Waals surface area contributed by atoms with Gasteiger partial charge in [-0.15, -0.1) is 0 Å². The third-order valence-electron chi connectivity index (χ3n) is 3.61. The molecule has 2 heteroatoms. The smallest absolute Gasteiger partial charge is 0.0831 e. The van der Waals surface area contributed by atoms with E-state index in [0.29, 0.717) is 6.10 Å². The van der Waals surface area contributed by atoms with Crippen molar-refractivity contribution in [3.8, 4) is 0 Å². The molecule has 0 saturated heterocycles. The van der Waals surface area contributed by atoms with Crippen molar-refractivity contribution in [3.63, 3.8) is 0 Å². The topological polar surface area (TPSA) is 18.5 Å². The molecule has 0 fully saturated rings. The van der Waals surface area contributed by atoms with Gasteiger partial charge in [0.15, 0.2) is 0 Å². The van der Waals surface area contributed by atoms with Crippen LogP contribution in [0.1, 0.15) is 48.1 Å². The highest BCUT2D eigenvalue weighted by atomic mass is 16.5. The first-order valence-electron chi connectivity index (χ1n) is 6.23. The van der Waals surface area contributed by atoms with Gasteiger partial charge in [0.25, 0.3) is 0 Å². The normalized spacial score (nSPS) is 22.9. The lowest BCUT2D eigenvalue weighted by atomic mass is 9.89. The van der Waals surface area contributed by atoms with Gasteiger partial charge in [-0.05, 0) is 35.1 Å². The maximum Gasteiger partial charge on any atom is 0.0831 e. The van der Waals surface area contributed by atoms with Gasteiger partial charge in [-0.2, -0.15) is 0 Å². The van der Waals surface area contributed by atoms with Crippen LogP contribution >= 0.6 is 0 Å². The fourth-order valence-electron chi connectivity index (χ4n) is 2.83. The van der Waals surface area contributed by atoms with Crippen molar-refractivity contribution in [1.29, 1.82) is 0 Å². The van der Waals surface area contributed by atoms with Gasteiger partial charge < -0.3 is 9.47 Å². The van der Waals surface area contributed by atoms with Crippen molar-refractivity contribution in [2.45, 2.75) is 45.5 Å². The van der Waals surface area contributed by atoms with Gasteiger partial charge in [0.2, 0.25) is 0 Å². The summed E-state index contributed by atoms with van der Waals surface area (Å²) in [5.41, 5.74) is 5.71. The Morgan fingerprint density at radius 3 is 3.00 bits per heavy atom. The van der Waals surface area contributed by atoms with Crippen molar-refractivity contribution in [2.24, 2.45) is 0 Å². The van der Waals surface area contributed by atoms with E-state index in [4.69, 9.17) is 9.47 Å². The van der Waals surface area contributed by atoms with Crippen molar-refractivity contribution < 1.29 is 9.47 Å². The first-order chi connectivity index (χ1) is 7.90. The summed E-state index contributed by atoms with van der Waals surface area (Å²) in [6, 6.07) is 4.50. The molecule has 0 unspecified atom stereocenters. The molecule has 1 atom stereocenters. The summed E-state index contributed by atoms with van der Waals surface area (Å²) in [6.07, 6.45) is 3.67. The highest BCUT2D eigenvalue weighted by Gasteiger charge is 2.27. The van der Waals surface area contributed by atoms with Crippen molar-refractivity contribution in [1.82, 2.24) is 0 Å². The first-order valence-corrected chi connectivity index (χ1v) is 6.23. The third kappa shape index (κ3) is 1.57. The van der Waals surface area contributed by atoms with E-state index in [1.807, 2.05) is 0 Å². The van der Waals surface area contributed by atoms with Crippen LogP contribution in [-0.4, -0.2) is 6.61 Å². The van der Waals surface area contributed by atoms with Gasteiger partial charge in [0.05, 0.1) is 25.9 Å². The molecular weight excluding hydrogens is 200 g/mol. The Balaban J connectivity index is 2.06. The van der Waals surface area contributed by atoms with Crippen LogP contribution in [0, 0.1) is 0 Å². The van der Waals surface area contributed by atoms with Crippen LogP contribution in [0.15, 0.2) is 12.1 Å². The lowest BCUT2D eigenvalue weighted by Crippen LogP contribution is -2.18. The number of hydrogen-bond acceptors (Lipinski definition) is 2. The Hall–Kier alpha value is -0.860. The minimum atomic E-state index is 0.311. The predicted octanol–water partition coefficient (Wildman–Crippen LogP) is 3.13. The summed E-state index contributed by atoms with van der Waals surface area (Å²) < 4.78 is 11.5. The molecule has 0 N–H and O–H groups in total. The summed E-state index contributed by atoms with van der Waals surface area (Å²) in [7, 11) is 0. The van der Waals surface area contributed by atoms with Gasteiger partial charge in [0.1, 0.15) is 0 Å². The average Bonchev–Trinajstić information content (AvgIpc) is 2.77. The standard InChI is InChI=1S/C14H18O2/c1-2-3-13-14-10(6-7-16-13)4-5-11-8-15-9-12(11)14/h4-5,13H,2-3,6-9H2,1H3/t13-/m0/s1. The van der Waals surface area contributed by atoms with Gasteiger partial charge in [-0.3, -0.25) is 0 Å². The molecular formula is C14H18O2. The van der Waals surface area contributed by atoms with E-state index in [1.165, 1.54) is 28.7 Å². The summed E-state index contributed by atoms with van der Waals surface area (Å²) in [6.45, 7) is 4.65. The van der Waals surface area contributed by atoms with E-state index in [-0.39, 0.29) is 0 Å². The monoisotopic (exact) mass is 218 g/mol. The van der Waals surface area contributed by atoms with Gasteiger partial charge in [-0.1, -0.05) is 25.5 Å². The Kier molecular flexibility index (Phi) is 2.70. The summed E-state index contributed by atoms with van der Waals surface area (Å²) >= 11 is 0. The van der Waals surface area contributed by atoms with E-state index in [9.17, 15) is 0 Å². The second-order valence-electron chi connectivity index (χ2n) is 4.67. The molecule has 0 aromatic heterocycles. The quantitative estimate of drug-likeness (QED) is 0.759. The van der Waals surface area contributed by atoms with Crippen LogP contribution in [0.25, 0.3) is 0 Å². The highest BCUT2D eigenvalue weighted by Crippen LogP contribution is 2.37. The zero-order valence-electron chi connectivity index (χ0n) is 9.79. The van der Waals surface area contributed by atoms with Crippen molar-refractivity contribution in [2.75, 3.05) is 6.61 Å². The minimum absolute atomic E-state index is 0.311. The van der Waals surface area contributed by atoms with Gasteiger partial charge in [-0.25, -0.2) is 0 Å². The SMILES string of the molecule is CCC[C@@H]1OCCc2ccc3c(c21)COC3. The van der Waals surface area contributed by atoms with Crippen LogP contribution in [0.5, 0.6) is 0 Å². The largest absolute Gasteiger partial charge is 0.373 e. The van der Waals surface area contributed by atoms with Crippen LogP contribution in [0.4, 0.5) is 0 Å². The molecule has 0 spiro atoms. The number of ether oxygens (including phenoxy) is 2. The van der Waals surface area contributed by atoms with Crippen molar-refractivity contribution in [3.05, 3.63) is 34.4 Å². The van der Waals surface area contributed by atoms with Crippen LogP contribution < -0.4 is 0 Å². The van der Waals surface area contributed by atoms with Gasteiger partial charge in [0, 0.05) is 0 Å². The summed E-state index contributed by atoms with van der Waals surface area (Å²) in [5, 5.41) is 0. The van der Waals surface area contributed by atoms with E-state index >= 15 is 0 Å². The molecule has 2 heterocycles. The number of fused-ring (bicyclic) bond motifs is 3. The predicted molar refractivity (Wildman–Crippen MR) is 62.2 cm³/mol. The van der Waals surface area contributed by atoms with Gasteiger partial charge >= 0.3 is 0 Å².